The Bertz CT molecular complexity index is 503. The number of anilines is 2. The quantitative estimate of drug-likeness (QED) is 0.611. The highest BCUT2D eigenvalue weighted by molar-refractivity contribution is 5.94. The molecule has 0 heterocycles. The van der Waals surface area contributed by atoms with E-state index >= 15 is 0 Å². The molecule has 0 aliphatic carbocycles. The fraction of sp³-hybridized carbons (Fsp3) is 0.500. The Balaban J connectivity index is 2.58. The minimum atomic E-state index is -0.164. The molecule has 0 aromatic heterocycles. The van der Waals surface area contributed by atoms with E-state index in [1.54, 1.807) is 18.2 Å². The topological polar surface area (TPSA) is 93.5 Å². The van der Waals surface area contributed by atoms with Gasteiger partial charge in [0.15, 0.2) is 0 Å². The van der Waals surface area contributed by atoms with E-state index in [9.17, 15) is 9.59 Å². The first-order chi connectivity index (χ1) is 10.6. The maximum Gasteiger partial charge on any atom is 0.224 e. The minimum absolute atomic E-state index is 0.0639. The molecular formula is C16H25N3O3. The van der Waals surface area contributed by atoms with E-state index in [1.807, 2.05) is 0 Å². The van der Waals surface area contributed by atoms with Crippen molar-refractivity contribution in [1.29, 1.82) is 0 Å². The highest BCUT2D eigenvalue weighted by atomic mass is 16.5. The van der Waals surface area contributed by atoms with Crippen LogP contribution in [0.25, 0.3) is 0 Å². The first-order valence-electron chi connectivity index (χ1n) is 7.52. The van der Waals surface area contributed by atoms with Crippen LogP contribution in [0.15, 0.2) is 18.2 Å². The Morgan fingerprint density at radius 1 is 1.14 bits per heavy atom. The van der Waals surface area contributed by atoms with Gasteiger partial charge in [-0.2, -0.15) is 0 Å². The lowest BCUT2D eigenvalue weighted by Gasteiger charge is -2.12. The van der Waals surface area contributed by atoms with Crippen LogP contribution < -0.4 is 21.1 Å². The molecule has 122 valence electrons. The van der Waals surface area contributed by atoms with E-state index in [0.717, 1.165) is 25.7 Å². The van der Waals surface area contributed by atoms with Gasteiger partial charge in [-0.05, 0) is 37.6 Å². The Kier molecular flexibility index (Phi) is 7.99. The summed E-state index contributed by atoms with van der Waals surface area (Å²) >= 11 is 0. The van der Waals surface area contributed by atoms with Gasteiger partial charge in [-0.1, -0.05) is 12.8 Å². The lowest BCUT2D eigenvalue weighted by atomic mass is 10.1. The zero-order valence-electron chi connectivity index (χ0n) is 13.3. The molecule has 0 saturated heterocycles. The molecule has 0 spiro atoms. The van der Waals surface area contributed by atoms with Gasteiger partial charge in [0.2, 0.25) is 11.8 Å². The number of rotatable bonds is 9. The molecule has 0 bridgehead atoms. The van der Waals surface area contributed by atoms with E-state index < -0.39 is 0 Å². The van der Waals surface area contributed by atoms with Crippen LogP contribution in [-0.2, 0) is 9.59 Å². The number of benzene rings is 1. The van der Waals surface area contributed by atoms with Crippen molar-refractivity contribution >= 4 is 23.2 Å². The fourth-order valence-corrected chi connectivity index (χ4v) is 2.08. The molecule has 0 unspecified atom stereocenters. The van der Waals surface area contributed by atoms with Crippen molar-refractivity contribution in [2.45, 2.75) is 39.0 Å². The van der Waals surface area contributed by atoms with Crippen LogP contribution in [0.2, 0.25) is 0 Å². The standard InChI is InChI=1S/C16H25N3O3/c1-12(20)18-13-8-9-15(22-2)14(11-13)19-16(21)7-5-3-4-6-10-17/h8-9,11H,3-7,10,17H2,1-2H3,(H,18,20)(H,19,21). The maximum absolute atomic E-state index is 12.0. The normalized spacial score (nSPS) is 10.1. The zero-order chi connectivity index (χ0) is 16.4. The van der Waals surface area contributed by atoms with Crippen LogP contribution in [0.5, 0.6) is 5.75 Å². The molecule has 6 nitrogen and oxygen atoms in total. The predicted molar refractivity (Wildman–Crippen MR) is 88.1 cm³/mol. The van der Waals surface area contributed by atoms with E-state index in [2.05, 4.69) is 10.6 Å². The van der Waals surface area contributed by atoms with Gasteiger partial charge in [-0.15, -0.1) is 0 Å². The highest BCUT2D eigenvalue weighted by Crippen LogP contribution is 2.28. The van der Waals surface area contributed by atoms with Crippen LogP contribution in [0.4, 0.5) is 11.4 Å². The summed E-state index contributed by atoms with van der Waals surface area (Å²) in [6.45, 7) is 2.13. The van der Waals surface area contributed by atoms with Crippen LogP contribution in [-0.4, -0.2) is 25.5 Å². The largest absolute Gasteiger partial charge is 0.495 e. The lowest BCUT2D eigenvalue weighted by molar-refractivity contribution is -0.116. The molecule has 4 N–H and O–H groups in total. The van der Waals surface area contributed by atoms with Gasteiger partial charge >= 0.3 is 0 Å². The lowest BCUT2D eigenvalue weighted by Crippen LogP contribution is -2.13. The Hall–Kier alpha value is -2.08. The second-order valence-corrected chi connectivity index (χ2v) is 5.10. The predicted octanol–water partition coefficient (Wildman–Crippen LogP) is 2.50. The minimum Gasteiger partial charge on any atom is -0.495 e. The third-order valence-corrected chi connectivity index (χ3v) is 3.15. The summed E-state index contributed by atoms with van der Waals surface area (Å²) in [5.74, 6) is 0.332. The van der Waals surface area contributed by atoms with Crippen LogP contribution in [0, 0.1) is 0 Å². The summed E-state index contributed by atoms with van der Waals surface area (Å²) in [7, 11) is 1.54. The van der Waals surface area contributed by atoms with Gasteiger partial charge < -0.3 is 21.1 Å². The number of methoxy groups -OCH3 is 1. The summed E-state index contributed by atoms with van der Waals surface area (Å²) in [6, 6.07) is 5.12. The van der Waals surface area contributed by atoms with E-state index in [0.29, 0.717) is 30.1 Å². The average molecular weight is 307 g/mol. The Morgan fingerprint density at radius 3 is 2.50 bits per heavy atom. The second kappa shape index (κ2) is 9.78. The van der Waals surface area contributed by atoms with Crippen molar-refractivity contribution in [3.05, 3.63) is 18.2 Å². The molecule has 0 saturated carbocycles. The molecule has 22 heavy (non-hydrogen) atoms. The number of carbonyl (C=O) groups is 2. The van der Waals surface area contributed by atoms with Gasteiger partial charge in [0.05, 0.1) is 12.8 Å². The molecular weight excluding hydrogens is 282 g/mol. The summed E-state index contributed by atoms with van der Waals surface area (Å²) in [6.07, 6.45) is 4.32. The summed E-state index contributed by atoms with van der Waals surface area (Å²) in [5, 5.41) is 5.50. The summed E-state index contributed by atoms with van der Waals surface area (Å²) in [5.41, 5.74) is 6.60. The first-order valence-corrected chi connectivity index (χ1v) is 7.52. The van der Waals surface area contributed by atoms with E-state index in [1.165, 1.54) is 14.0 Å². The van der Waals surface area contributed by atoms with Gasteiger partial charge in [-0.25, -0.2) is 0 Å². The van der Waals surface area contributed by atoms with Crippen molar-refractivity contribution in [2.75, 3.05) is 24.3 Å². The highest BCUT2D eigenvalue weighted by Gasteiger charge is 2.09. The monoisotopic (exact) mass is 307 g/mol. The number of carbonyl (C=O) groups excluding carboxylic acids is 2. The van der Waals surface area contributed by atoms with Crippen molar-refractivity contribution in [1.82, 2.24) is 0 Å². The fourth-order valence-electron chi connectivity index (χ4n) is 2.08. The third kappa shape index (κ3) is 6.58. The van der Waals surface area contributed by atoms with E-state index in [-0.39, 0.29) is 11.8 Å². The number of hydrogen-bond acceptors (Lipinski definition) is 4. The third-order valence-electron chi connectivity index (χ3n) is 3.15. The van der Waals surface area contributed by atoms with Crippen molar-refractivity contribution in [3.63, 3.8) is 0 Å². The molecule has 0 aliphatic heterocycles. The van der Waals surface area contributed by atoms with Gasteiger partial charge in [0.25, 0.3) is 0 Å². The average Bonchev–Trinajstić information content (AvgIpc) is 2.46. The number of nitrogens with one attached hydrogen (secondary N) is 2. The Morgan fingerprint density at radius 2 is 1.86 bits per heavy atom. The molecule has 0 aliphatic rings. The number of nitrogens with two attached hydrogens (primary N) is 1. The SMILES string of the molecule is COc1ccc(NC(C)=O)cc1NC(=O)CCCCCCN. The van der Waals surface area contributed by atoms with E-state index in [4.69, 9.17) is 10.5 Å². The van der Waals surface area contributed by atoms with Crippen LogP contribution >= 0.6 is 0 Å². The molecule has 0 fully saturated rings. The molecule has 1 aromatic carbocycles. The molecule has 1 aromatic rings. The second-order valence-electron chi connectivity index (χ2n) is 5.10. The molecule has 0 radical (unpaired) electrons. The number of ether oxygens (including phenoxy) is 1. The molecule has 6 heteroatoms. The van der Waals surface area contributed by atoms with Crippen LogP contribution in [0.3, 0.4) is 0 Å². The number of hydrogen-bond donors (Lipinski definition) is 3. The first kappa shape index (κ1) is 18.0. The Labute approximate surface area is 131 Å². The molecule has 0 atom stereocenters. The number of unbranched alkanes of at least 4 members (excludes halogenated alkanes) is 3. The summed E-state index contributed by atoms with van der Waals surface area (Å²) in [4.78, 5) is 23.1. The van der Waals surface area contributed by atoms with Gasteiger partial charge in [0.1, 0.15) is 5.75 Å². The maximum atomic E-state index is 12.0. The number of amides is 2. The van der Waals surface area contributed by atoms with Crippen molar-refractivity contribution < 1.29 is 14.3 Å². The van der Waals surface area contributed by atoms with Gasteiger partial charge in [0, 0.05) is 19.0 Å². The molecule has 1 rings (SSSR count). The van der Waals surface area contributed by atoms with Crippen LogP contribution in [0.1, 0.15) is 39.0 Å². The van der Waals surface area contributed by atoms with Crippen molar-refractivity contribution in [3.8, 4) is 5.75 Å². The summed E-state index contributed by atoms with van der Waals surface area (Å²) < 4.78 is 5.22. The van der Waals surface area contributed by atoms with Crippen molar-refractivity contribution in [2.24, 2.45) is 5.73 Å². The smallest absolute Gasteiger partial charge is 0.224 e. The molecule has 2 amide bonds. The zero-order valence-corrected chi connectivity index (χ0v) is 13.3. The van der Waals surface area contributed by atoms with Gasteiger partial charge in [-0.3, -0.25) is 9.59 Å².